The molecule has 8 heteroatoms. The van der Waals surface area contributed by atoms with E-state index in [1.54, 1.807) is 29.3 Å². The lowest BCUT2D eigenvalue weighted by Gasteiger charge is -2.16. The molecule has 0 fully saturated rings. The summed E-state index contributed by atoms with van der Waals surface area (Å²) < 4.78 is 26.0. The van der Waals surface area contributed by atoms with E-state index in [-0.39, 0.29) is 16.8 Å². The average Bonchev–Trinajstić information content (AvgIpc) is 3.44. The highest BCUT2D eigenvalue weighted by molar-refractivity contribution is 7.90. The van der Waals surface area contributed by atoms with Gasteiger partial charge in [0.15, 0.2) is 15.7 Å². The van der Waals surface area contributed by atoms with Crippen molar-refractivity contribution in [1.82, 2.24) is 14.5 Å². The fraction of sp³-hybridized carbons (Fsp3) is 0.192. The molecule has 34 heavy (non-hydrogen) atoms. The van der Waals surface area contributed by atoms with Crippen LogP contribution < -0.4 is 4.90 Å². The number of fused-ring (bicyclic) bond motifs is 1. The number of pyridine rings is 1. The van der Waals surface area contributed by atoms with Crippen LogP contribution in [-0.4, -0.2) is 35.1 Å². The lowest BCUT2D eigenvalue weighted by molar-refractivity contribution is 0.0996. The number of anilines is 1. The minimum Gasteiger partial charge on any atom is -0.327 e. The van der Waals surface area contributed by atoms with E-state index in [1.165, 1.54) is 6.26 Å². The number of hydrogen-bond donors (Lipinski definition) is 0. The molecular formula is C26H24N4O3S. The molecule has 0 bridgehead atoms. The SMILES string of the molecule is CC(C)n1ccnc1-c1cccc(N2Cc3ccc(-c4cccc(S(C)(=O)=O)c4)cc3C2=O)n1. The number of rotatable bonds is 5. The minimum atomic E-state index is -3.32. The number of sulfone groups is 1. The van der Waals surface area contributed by atoms with E-state index in [0.29, 0.717) is 23.6 Å². The van der Waals surface area contributed by atoms with E-state index in [0.717, 1.165) is 22.5 Å². The Kier molecular flexibility index (Phi) is 5.32. The molecule has 2 aromatic heterocycles. The molecule has 1 aliphatic heterocycles. The van der Waals surface area contributed by atoms with Crippen molar-refractivity contribution in [3.05, 3.63) is 84.2 Å². The standard InChI is InChI=1S/C26H24N4O3S/c1-17(2)29-13-12-27-25(29)23-8-5-9-24(28-23)30-16-20-11-10-19(15-22(20)26(30)31)18-6-4-7-21(14-18)34(3,32)33/h4-15,17H,16H2,1-3H3. The van der Waals surface area contributed by atoms with Crippen LogP contribution in [0.4, 0.5) is 5.82 Å². The molecule has 172 valence electrons. The van der Waals surface area contributed by atoms with Crippen LogP contribution in [0.3, 0.4) is 0 Å². The second-order valence-electron chi connectivity index (χ2n) is 8.70. The summed E-state index contributed by atoms with van der Waals surface area (Å²) >= 11 is 0. The van der Waals surface area contributed by atoms with Crippen molar-refractivity contribution in [3.8, 4) is 22.6 Å². The molecule has 2 aromatic carbocycles. The molecule has 1 amide bonds. The first-order valence-corrected chi connectivity index (χ1v) is 12.9. The Morgan fingerprint density at radius 1 is 0.971 bits per heavy atom. The van der Waals surface area contributed by atoms with E-state index in [2.05, 4.69) is 18.8 Å². The van der Waals surface area contributed by atoms with Crippen molar-refractivity contribution < 1.29 is 13.2 Å². The number of carbonyl (C=O) groups is 1. The maximum absolute atomic E-state index is 13.3. The first kappa shape index (κ1) is 22.0. The molecule has 0 radical (unpaired) electrons. The maximum Gasteiger partial charge on any atom is 0.260 e. The largest absolute Gasteiger partial charge is 0.327 e. The predicted octanol–water partition coefficient (Wildman–Crippen LogP) is 4.76. The second-order valence-corrected chi connectivity index (χ2v) is 10.7. The Balaban J connectivity index is 1.48. The fourth-order valence-corrected chi connectivity index (χ4v) is 4.86. The third-order valence-electron chi connectivity index (χ3n) is 5.97. The van der Waals surface area contributed by atoms with Gasteiger partial charge < -0.3 is 4.57 Å². The first-order valence-electron chi connectivity index (χ1n) is 11.0. The Hall–Kier alpha value is -3.78. The lowest BCUT2D eigenvalue weighted by Crippen LogP contribution is -2.24. The Morgan fingerprint density at radius 2 is 1.74 bits per heavy atom. The summed E-state index contributed by atoms with van der Waals surface area (Å²) in [4.78, 5) is 24.5. The van der Waals surface area contributed by atoms with Crippen molar-refractivity contribution in [2.75, 3.05) is 11.2 Å². The van der Waals surface area contributed by atoms with Gasteiger partial charge in [0.2, 0.25) is 0 Å². The van der Waals surface area contributed by atoms with Crippen molar-refractivity contribution in [3.63, 3.8) is 0 Å². The number of amides is 1. The number of aromatic nitrogens is 3. The van der Waals surface area contributed by atoms with Crippen LogP contribution in [0.2, 0.25) is 0 Å². The third kappa shape index (κ3) is 3.90. The van der Waals surface area contributed by atoms with Crippen LogP contribution in [0.1, 0.15) is 35.8 Å². The minimum absolute atomic E-state index is 0.132. The van der Waals surface area contributed by atoms with Gasteiger partial charge in [-0.05, 0) is 60.9 Å². The van der Waals surface area contributed by atoms with Gasteiger partial charge in [0, 0.05) is 30.3 Å². The number of carbonyl (C=O) groups excluding carboxylic acids is 1. The van der Waals surface area contributed by atoms with Gasteiger partial charge in [-0.3, -0.25) is 9.69 Å². The Bertz CT molecular complexity index is 1520. The highest BCUT2D eigenvalue weighted by Gasteiger charge is 2.30. The summed E-state index contributed by atoms with van der Waals surface area (Å²) in [5.74, 6) is 1.19. The molecule has 3 heterocycles. The molecule has 0 saturated heterocycles. The van der Waals surface area contributed by atoms with Gasteiger partial charge >= 0.3 is 0 Å². The summed E-state index contributed by atoms with van der Waals surface area (Å²) in [5.41, 5.74) is 3.75. The zero-order valence-corrected chi connectivity index (χ0v) is 20.0. The van der Waals surface area contributed by atoms with Crippen molar-refractivity contribution in [2.24, 2.45) is 0 Å². The summed E-state index contributed by atoms with van der Waals surface area (Å²) in [6.07, 6.45) is 4.86. The quantitative estimate of drug-likeness (QED) is 0.418. The number of hydrogen-bond acceptors (Lipinski definition) is 5. The summed E-state index contributed by atoms with van der Waals surface area (Å²) in [6, 6.07) is 18.3. The highest BCUT2D eigenvalue weighted by atomic mass is 32.2. The molecular weight excluding hydrogens is 448 g/mol. The fourth-order valence-electron chi connectivity index (χ4n) is 4.20. The summed E-state index contributed by atoms with van der Waals surface area (Å²) in [6.45, 7) is 4.59. The van der Waals surface area contributed by atoms with Crippen molar-refractivity contribution in [2.45, 2.75) is 31.3 Å². The second kappa shape index (κ2) is 8.22. The smallest absolute Gasteiger partial charge is 0.260 e. The van der Waals surface area contributed by atoms with E-state index in [9.17, 15) is 13.2 Å². The molecule has 0 spiro atoms. The zero-order chi connectivity index (χ0) is 24.0. The normalized spacial score (nSPS) is 13.5. The summed E-state index contributed by atoms with van der Waals surface area (Å²) in [7, 11) is -3.32. The lowest BCUT2D eigenvalue weighted by atomic mass is 10.0. The molecule has 4 aromatic rings. The number of benzene rings is 2. The summed E-state index contributed by atoms with van der Waals surface area (Å²) in [5, 5.41) is 0. The third-order valence-corrected chi connectivity index (χ3v) is 7.08. The van der Waals surface area contributed by atoms with Gasteiger partial charge in [0.05, 0.1) is 11.4 Å². The monoisotopic (exact) mass is 472 g/mol. The molecule has 0 saturated carbocycles. The molecule has 5 rings (SSSR count). The van der Waals surface area contributed by atoms with E-state index in [1.807, 2.05) is 53.2 Å². The van der Waals surface area contributed by atoms with Crippen LogP contribution >= 0.6 is 0 Å². The van der Waals surface area contributed by atoms with Crippen LogP contribution in [0, 0.1) is 0 Å². The van der Waals surface area contributed by atoms with Gasteiger partial charge in [-0.15, -0.1) is 0 Å². The molecule has 0 aliphatic carbocycles. The van der Waals surface area contributed by atoms with Gasteiger partial charge in [-0.25, -0.2) is 18.4 Å². The van der Waals surface area contributed by atoms with Crippen LogP contribution in [-0.2, 0) is 16.4 Å². The van der Waals surface area contributed by atoms with Gasteiger partial charge in [-0.1, -0.05) is 30.3 Å². The first-order chi connectivity index (χ1) is 16.2. The molecule has 0 N–H and O–H groups in total. The number of nitrogens with zero attached hydrogens (tertiary/aromatic N) is 4. The molecule has 0 unspecified atom stereocenters. The zero-order valence-electron chi connectivity index (χ0n) is 19.1. The van der Waals surface area contributed by atoms with Crippen LogP contribution in [0.5, 0.6) is 0 Å². The van der Waals surface area contributed by atoms with E-state index < -0.39 is 9.84 Å². The van der Waals surface area contributed by atoms with Crippen LogP contribution in [0.25, 0.3) is 22.6 Å². The number of imidazole rings is 1. The van der Waals surface area contributed by atoms with E-state index >= 15 is 0 Å². The van der Waals surface area contributed by atoms with Crippen LogP contribution in [0.15, 0.2) is 78.0 Å². The molecule has 7 nitrogen and oxygen atoms in total. The van der Waals surface area contributed by atoms with Gasteiger partial charge in [0.1, 0.15) is 11.5 Å². The topological polar surface area (TPSA) is 85.2 Å². The van der Waals surface area contributed by atoms with E-state index in [4.69, 9.17) is 4.98 Å². The Morgan fingerprint density at radius 3 is 2.50 bits per heavy atom. The highest BCUT2D eigenvalue weighted by Crippen LogP contribution is 2.32. The molecule has 0 atom stereocenters. The Labute approximate surface area is 198 Å². The van der Waals surface area contributed by atoms with Gasteiger partial charge in [0.25, 0.3) is 5.91 Å². The van der Waals surface area contributed by atoms with Crippen molar-refractivity contribution in [1.29, 1.82) is 0 Å². The average molecular weight is 473 g/mol. The molecule has 1 aliphatic rings. The van der Waals surface area contributed by atoms with Gasteiger partial charge in [-0.2, -0.15) is 0 Å². The maximum atomic E-state index is 13.3. The van der Waals surface area contributed by atoms with Crippen molar-refractivity contribution >= 4 is 21.6 Å². The predicted molar refractivity (Wildman–Crippen MR) is 131 cm³/mol.